The molecular formula is C14H23N3O3. The molecule has 0 aliphatic heterocycles. The number of aromatic hydroxyl groups is 1. The Bertz CT molecular complexity index is 461. The fraction of sp³-hybridized carbons (Fsp3) is 0.571. The zero-order chi connectivity index (χ0) is 15.1. The normalized spacial score (nSPS) is 10.8. The van der Waals surface area contributed by atoms with E-state index < -0.39 is 0 Å². The van der Waals surface area contributed by atoms with E-state index in [-0.39, 0.29) is 24.8 Å². The highest BCUT2D eigenvalue weighted by molar-refractivity contribution is 5.77. The third kappa shape index (κ3) is 4.79. The minimum absolute atomic E-state index is 0.0617. The molecule has 0 atom stereocenters. The number of rotatable bonds is 7. The molecule has 0 saturated heterocycles. The van der Waals surface area contributed by atoms with Crippen LogP contribution < -0.4 is 10.6 Å². The van der Waals surface area contributed by atoms with Crippen LogP contribution in [-0.2, 0) is 17.9 Å². The molecule has 6 heteroatoms. The fourth-order valence-electron chi connectivity index (χ4n) is 1.70. The van der Waals surface area contributed by atoms with Crippen LogP contribution in [0, 0.1) is 12.8 Å². The first kappa shape index (κ1) is 16.4. The van der Waals surface area contributed by atoms with E-state index in [9.17, 15) is 15.0 Å². The number of carbonyl (C=O) groups excluding carboxylic acids is 1. The number of nitrogens with one attached hydrogen (secondary N) is 2. The Morgan fingerprint density at radius 3 is 2.75 bits per heavy atom. The van der Waals surface area contributed by atoms with Gasteiger partial charge in [0.1, 0.15) is 5.75 Å². The summed E-state index contributed by atoms with van der Waals surface area (Å²) in [7, 11) is 0. The van der Waals surface area contributed by atoms with Crippen molar-refractivity contribution in [3.05, 3.63) is 23.0 Å². The highest BCUT2D eigenvalue weighted by Crippen LogP contribution is 2.23. The summed E-state index contributed by atoms with van der Waals surface area (Å²) in [4.78, 5) is 15.5. The quantitative estimate of drug-likeness (QED) is 0.582. The van der Waals surface area contributed by atoms with Crippen LogP contribution in [0.4, 0.5) is 0 Å². The Morgan fingerprint density at radius 1 is 1.45 bits per heavy atom. The molecule has 0 fully saturated rings. The smallest absolute Gasteiger partial charge is 0.233 e. The second-order valence-electron chi connectivity index (χ2n) is 5.16. The van der Waals surface area contributed by atoms with Crippen LogP contribution in [0.1, 0.15) is 30.7 Å². The second kappa shape index (κ2) is 7.81. The zero-order valence-corrected chi connectivity index (χ0v) is 12.2. The molecule has 0 unspecified atom stereocenters. The average molecular weight is 281 g/mol. The summed E-state index contributed by atoms with van der Waals surface area (Å²) in [5, 5.41) is 24.9. The van der Waals surface area contributed by atoms with Gasteiger partial charge in [-0.25, -0.2) is 0 Å². The Morgan fingerprint density at radius 2 is 2.15 bits per heavy atom. The summed E-state index contributed by atoms with van der Waals surface area (Å²) in [6.07, 6.45) is 1.53. The van der Waals surface area contributed by atoms with Crippen LogP contribution in [0.3, 0.4) is 0 Å². The summed E-state index contributed by atoms with van der Waals surface area (Å²) in [6, 6.07) is 0. The lowest BCUT2D eigenvalue weighted by Gasteiger charge is -2.12. The number of carbonyl (C=O) groups is 1. The first-order chi connectivity index (χ1) is 9.45. The molecule has 0 spiro atoms. The first-order valence-corrected chi connectivity index (χ1v) is 6.70. The number of aromatic nitrogens is 1. The van der Waals surface area contributed by atoms with Crippen molar-refractivity contribution >= 4 is 5.91 Å². The van der Waals surface area contributed by atoms with Gasteiger partial charge in [0.2, 0.25) is 5.91 Å². The van der Waals surface area contributed by atoms with E-state index in [1.807, 2.05) is 13.8 Å². The van der Waals surface area contributed by atoms with E-state index in [1.165, 1.54) is 6.20 Å². The van der Waals surface area contributed by atoms with Crippen molar-refractivity contribution in [1.82, 2.24) is 15.6 Å². The molecule has 4 N–H and O–H groups in total. The summed E-state index contributed by atoms with van der Waals surface area (Å²) in [5.74, 6) is 0.382. The predicted octanol–water partition coefficient (Wildman–Crippen LogP) is 0.450. The van der Waals surface area contributed by atoms with Crippen LogP contribution in [0.2, 0.25) is 0 Å². The van der Waals surface area contributed by atoms with Crippen LogP contribution in [0.15, 0.2) is 6.20 Å². The third-order valence-electron chi connectivity index (χ3n) is 2.90. The van der Waals surface area contributed by atoms with Gasteiger partial charge in [0.25, 0.3) is 0 Å². The van der Waals surface area contributed by atoms with Gasteiger partial charge in [0.05, 0.1) is 18.8 Å². The highest BCUT2D eigenvalue weighted by atomic mass is 16.3. The SMILES string of the molecule is Cc1ncc(CO)c(CNCC(=O)NCC(C)C)c1O. The van der Waals surface area contributed by atoms with Gasteiger partial charge in [-0.05, 0) is 12.8 Å². The number of pyridine rings is 1. The van der Waals surface area contributed by atoms with Gasteiger partial charge < -0.3 is 20.8 Å². The molecule has 1 aromatic rings. The molecule has 20 heavy (non-hydrogen) atoms. The van der Waals surface area contributed by atoms with Crippen LogP contribution in [0.25, 0.3) is 0 Å². The molecule has 1 rings (SSSR count). The van der Waals surface area contributed by atoms with Crippen LogP contribution in [0.5, 0.6) is 5.75 Å². The van der Waals surface area contributed by atoms with Gasteiger partial charge in [0, 0.05) is 30.4 Å². The lowest BCUT2D eigenvalue weighted by Crippen LogP contribution is -2.35. The molecule has 0 radical (unpaired) electrons. The monoisotopic (exact) mass is 281 g/mol. The molecule has 1 amide bonds. The van der Waals surface area contributed by atoms with E-state index in [1.54, 1.807) is 6.92 Å². The lowest BCUT2D eigenvalue weighted by atomic mass is 10.1. The van der Waals surface area contributed by atoms with Gasteiger partial charge in [-0.15, -0.1) is 0 Å². The standard InChI is InChI=1S/C14H23N3O3/c1-9(2)4-17-13(19)7-15-6-12-11(8-18)5-16-10(3)14(12)20/h5,9,15,18,20H,4,6-8H2,1-3H3,(H,17,19). The predicted molar refractivity (Wildman–Crippen MR) is 76.1 cm³/mol. The van der Waals surface area contributed by atoms with E-state index in [2.05, 4.69) is 15.6 Å². The number of amides is 1. The number of nitrogens with zero attached hydrogens (tertiary/aromatic N) is 1. The van der Waals surface area contributed by atoms with Crippen molar-refractivity contribution in [2.75, 3.05) is 13.1 Å². The van der Waals surface area contributed by atoms with Gasteiger partial charge in [0.15, 0.2) is 0 Å². The van der Waals surface area contributed by atoms with Gasteiger partial charge >= 0.3 is 0 Å². The molecule has 0 aliphatic rings. The number of hydrogen-bond donors (Lipinski definition) is 4. The maximum atomic E-state index is 11.5. The second-order valence-corrected chi connectivity index (χ2v) is 5.16. The summed E-state index contributed by atoms with van der Waals surface area (Å²) in [5.41, 5.74) is 1.64. The van der Waals surface area contributed by atoms with Crippen molar-refractivity contribution in [1.29, 1.82) is 0 Å². The van der Waals surface area contributed by atoms with Crippen molar-refractivity contribution in [2.45, 2.75) is 33.9 Å². The molecule has 0 aliphatic carbocycles. The zero-order valence-electron chi connectivity index (χ0n) is 12.2. The van der Waals surface area contributed by atoms with Gasteiger partial charge in [-0.3, -0.25) is 9.78 Å². The third-order valence-corrected chi connectivity index (χ3v) is 2.90. The average Bonchev–Trinajstić information content (AvgIpc) is 2.41. The minimum atomic E-state index is -0.197. The first-order valence-electron chi connectivity index (χ1n) is 6.70. The largest absolute Gasteiger partial charge is 0.506 e. The Kier molecular flexibility index (Phi) is 6.41. The molecule has 6 nitrogen and oxygen atoms in total. The van der Waals surface area contributed by atoms with E-state index in [0.29, 0.717) is 35.8 Å². The number of aliphatic hydroxyl groups excluding tert-OH is 1. The lowest BCUT2D eigenvalue weighted by molar-refractivity contribution is -0.120. The van der Waals surface area contributed by atoms with Crippen molar-refractivity contribution in [2.24, 2.45) is 5.92 Å². The topological polar surface area (TPSA) is 94.5 Å². The van der Waals surface area contributed by atoms with Gasteiger partial charge in [-0.1, -0.05) is 13.8 Å². The highest BCUT2D eigenvalue weighted by Gasteiger charge is 2.11. The molecule has 0 aromatic carbocycles. The summed E-state index contributed by atoms with van der Waals surface area (Å²) >= 11 is 0. The Balaban J connectivity index is 2.53. The Labute approximate surface area is 119 Å². The Hall–Kier alpha value is -1.66. The fourth-order valence-corrected chi connectivity index (χ4v) is 1.70. The number of aliphatic hydroxyl groups is 1. The van der Waals surface area contributed by atoms with Crippen LogP contribution in [-0.4, -0.2) is 34.2 Å². The molecule has 0 bridgehead atoms. The van der Waals surface area contributed by atoms with Gasteiger partial charge in [-0.2, -0.15) is 0 Å². The molecule has 1 heterocycles. The number of aryl methyl sites for hydroxylation is 1. The molecule has 0 saturated carbocycles. The summed E-state index contributed by atoms with van der Waals surface area (Å²) in [6.45, 7) is 6.66. The van der Waals surface area contributed by atoms with Crippen molar-refractivity contribution < 1.29 is 15.0 Å². The molecule has 112 valence electrons. The maximum absolute atomic E-state index is 11.5. The maximum Gasteiger partial charge on any atom is 0.233 e. The summed E-state index contributed by atoms with van der Waals surface area (Å²) < 4.78 is 0. The van der Waals surface area contributed by atoms with E-state index in [0.717, 1.165) is 0 Å². The van der Waals surface area contributed by atoms with E-state index in [4.69, 9.17) is 0 Å². The molecule has 1 aromatic heterocycles. The van der Waals surface area contributed by atoms with Crippen molar-refractivity contribution in [3.63, 3.8) is 0 Å². The van der Waals surface area contributed by atoms with Crippen molar-refractivity contribution in [3.8, 4) is 5.75 Å². The number of hydrogen-bond acceptors (Lipinski definition) is 5. The van der Waals surface area contributed by atoms with E-state index >= 15 is 0 Å². The molecular weight excluding hydrogens is 258 g/mol. The minimum Gasteiger partial charge on any atom is -0.506 e. The van der Waals surface area contributed by atoms with Crippen LogP contribution >= 0.6 is 0 Å².